The number of fused-ring (bicyclic) bond motifs is 1. The van der Waals surface area contributed by atoms with Crippen molar-refractivity contribution in [3.63, 3.8) is 0 Å². The van der Waals surface area contributed by atoms with Crippen LogP contribution in [0, 0.1) is 13.8 Å². The second kappa shape index (κ2) is 7.44. The zero-order valence-corrected chi connectivity index (χ0v) is 15.3. The number of benzene rings is 1. The van der Waals surface area contributed by atoms with Gasteiger partial charge in [0.05, 0.1) is 16.8 Å². The van der Waals surface area contributed by atoms with E-state index in [1.165, 1.54) is 11.8 Å². The molecule has 1 aromatic carbocycles. The number of carbonyl (C=O) groups is 2. The molecule has 132 valence electrons. The van der Waals surface area contributed by atoms with Gasteiger partial charge in [-0.25, -0.2) is 0 Å². The first kappa shape index (κ1) is 17.7. The Hall–Kier alpha value is -2.08. The average molecular weight is 358 g/mol. The van der Waals surface area contributed by atoms with Crippen molar-refractivity contribution in [2.75, 3.05) is 18.1 Å². The first-order chi connectivity index (χ1) is 12.0. The minimum Gasteiger partial charge on any atom is -0.481 e. The molecule has 5 nitrogen and oxygen atoms in total. The van der Waals surface area contributed by atoms with Crippen molar-refractivity contribution in [1.29, 1.82) is 0 Å². The quantitative estimate of drug-likeness (QED) is 0.743. The van der Waals surface area contributed by atoms with Gasteiger partial charge in [-0.15, -0.1) is 11.8 Å². The van der Waals surface area contributed by atoms with E-state index in [1.807, 2.05) is 26.0 Å². The number of carboxylic acids is 1. The summed E-state index contributed by atoms with van der Waals surface area (Å²) in [5.41, 5.74) is 4.77. The van der Waals surface area contributed by atoms with E-state index in [9.17, 15) is 9.59 Å². The van der Waals surface area contributed by atoms with Gasteiger partial charge in [-0.1, -0.05) is 11.6 Å². The summed E-state index contributed by atoms with van der Waals surface area (Å²) in [4.78, 5) is 28.0. The number of carboxylic acid groups (broad SMARTS) is 1. The molecule has 3 rings (SSSR count). The number of aryl methyl sites for hydroxylation is 2. The van der Waals surface area contributed by atoms with Crippen molar-refractivity contribution in [1.82, 2.24) is 10.3 Å². The summed E-state index contributed by atoms with van der Waals surface area (Å²) in [5, 5.41) is 12.4. The number of rotatable bonds is 7. The average Bonchev–Trinajstić information content (AvgIpc) is 3.38. The van der Waals surface area contributed by atoms with Crippen molar-refractivity contribution in [3.8, 4) is 0 Å². The maximum absolute atomic E-state index is 12.7. The molecule has 25 heavy (non-hydrogen) atoms. The fourth-order valence-electron chi connectivity index (χ4n) is 2.97. The van der Waals surface area contributed by atoms with E-state index in [0.29, 0.717) is 23.8 Å². The molecule has 1 saturated carbocycles. The lowest BCUT2D eigenvalue weighted by Crippen LogP contribution is -2.26. The van der Waals surface area contributed by atoms with Gasteiger partial charge in [-0.3, -0.25) is 14.6 Å². The number of hydrogen-bond acceptors (Lipinski definition) is 4. The van der Waals surface area contributed by atoms with Crippen LogP contribution in [0.1, 0.15) is 45.9 Å². The van der Waals surface area contributed by atoms with Gasteiger partial charge >= 0.3 is 5.97 Å². The van der Waals surface area contributed by atoms with E-state index >= 15 is 0 Å². The number of amides is 1. The largest absolute Gasteiger partial charge is 0.481 e. The van der Waals surface area contributed by atoms with Crippen LogP contribution in [0.25, 0.3) is 10.9 Å². The van der Waals surface area contributed by atoms with Crippen molar-refractivity contribution in [3.05, 3.63) is 40.6 Å². The second-order valence-corrected chi connectivity index (χ2v) is 7.65. The van der Waals surface area contributed by atoms with Gasteiger partial charge in [0.2, 0.25) is 0 Å². The van der Waals surface area contributed by atoms with Crippen molar-refractivity contribution >= 4 is 34.5 Å². The maximum atomic E-state index is 12.7. The number of nitrogens with one attached hydrogen (secondary N) is 1. The van der Waals surface area contributed by atoms with Gasteiger partial charge < -0.3 is 10.4 Å². The third-order valence-corrected chi connectivity index (χ3v) is 5.21. The number of aliphatic carboxylic acids is 1. The second-order valence-electron chi connectivity index (χ2n) is 6.55. The van der Waals surface area contributed by atoms with Crippen LogP contribution >= 0.6 is 11.8 Å². The number of aromatic nitrogens is 1. The van der Waals surface area contributed by atoms with Gasteiger partial charge in [0.15, 0.2) is 0 Å². The van der Waals surface area contributed by atoms with Crippen molar-refractivity contribution in [2.24, 2.45) is 0 Å². The summed E-state index contributed by atoms with van der Waals surface area (Å²) >= 11 is 1.30. The smallest absolute Gasteiger partial charge is 0.313 e. The molecule has 0 radical (unpaired) electrons. The van der Waals surface area contributed by atoms with Crippen LogP contribution in [-0.4, -0.2) is 40.0 Å². The summed E-state index contributed by atoms with van der Waals surface area (Å²) < 4.78 is 0. The summed E-state index contributed by atoms with van der Waals surface area (Å²) in [6.07, 6.45) is 2.27. The molecule has 0 aliphatic heterocycles. The number of nitrogens with zero attached hydrogens (tertiary/aromatic N) is 1. The van der Waals surface area contributed by atoms with Crippen LogP contribution in [0.5, 0.6) is 0 Å². The topological polar surface area (TPSA) is 79.3 Å². The highest BCUT2D eigenvalue weighted by atomic mass is 32.2. The fourth-order valence-corrected chi connectivity index (χ4v) is 3.53. The lowest BCUT2D eigenvalue weighted by atomic mass is 10.0. The van der Waals surface area contributed by atoms with E-state index in [1.54, 1.807) is 0 Å². The lowest BCUT2D eigenvalue weighted by molar-refractivity contribution is -0.133. The van der Waals surface area contributed by atoms with E-state index < -0.39 is 5.97 Å². The molecular weight excluding hydrogens is 336 g/mol. The normalized spacial score (nSPS) is 13.8. The lowest BCUT2D eigenvalue weighted by Gasteiger charge is -2.12. The highest BCUT2D eigenvalue weighted by Crippen LogP contribution is 2.40. The Kier molecular flexibility index (Phi) is 5.27. The van der Waals surface area contributed by atoms with Crippen LogP contribution in [0.4, 0.5) is 0 Å². The van der Waals surface area contributed by atoms with Crippen molar-refractivity contribution in [2.45, 2.75) is 32.6 Å². The Bertz CT molecular complexity index is 831. The molecule has 0 saturated heterocycles. The summed E-state index contributed by atoms with van der Waals surface area (Å²) in [7, 11) is 0. The van der Waals surface area contributed by atoms with E-state index in [0.717, 1.165) is 40.6 Å². The summed E-state index contributed by atoms with van der Waals surface area (Å²) in [6, 6.07) is 6.04. The van der Waals surface area contributed by atoms with Gasteiger partial charge in [-0.2, -0.15) is 0 Å². The van der Waals surface area contributed by atoms with Gasteiger partial charge in [-0.05, 0) is 44.4 Å². The standard InChI is InChI=1S/C19H22N2O3S/c1-11-7-12(2)18-14(8-11)15(9-16(21-18)13-3-4-13)19(24)20-5-6-25-10-17(22)23/h7-9,13H,3-6,10H2,1-2H3,(H,20,24)(H,22,23). The van der Waals surface area contributed by atoms with Gasteiger partial charge in [0.25, 0.3) is 5.91 Å². The van der Waals surface area contributed by atoms with Crippen molar-refractivity contribution < 1.29 is 14.7 Å². The third-order valence-electron chi connectivity index (χ3n) is 4.27. The highest BCUT2D eigenvalue weighted by Gasteiger charge is 2.27. The van der Waals surface area contributed by atoms with Crippen LogP contribution in [-0.2, 0) is 4.79 Å². The molecule has 0 atom stereocenters. The maximum Gasteiger partial charge on any atom is 0.313 e. The molecule has 1 fully saturated rings. The number of hydrogen-bond donors (Lipinski definition) is 2. The highest BCUT2D eigenvalue weighted by molar-refractivity contribution is 7.99. The monoisotopic (exact) mass is 358 g/mol. The van der Waals surface area contributed by atoms with Crippen LogP contribution < -0.4 is 5.32 Å². The summed E-state index contributed by atoms with van der Waals surface area (Å²) in [6.45, 7) is 4.50. The Morgan fingerprint density at radius 1 is 1.28 bits per heavy atom. The Balaban J connectivity index is 1.83. The zero-order valence-electron chi connectivity index (χ0n) is 14.5. The molecule has 1 aliphatic carbocycles. The molecule has 1 aromatic heterocycles. The third kappa shape index (κ3) is 4.31. The summed E-state index contributed by atoms with van der Waals surface area (Å²) in [5.74, 6) is 0.154. The molecule has 0 bridgehead atoms. The molecule has 2 N–H and O–H groups in total. The van der Waals surface area contributed by atoms with Crippen LogP contribution in [0.2, 0.25) is 0 Å². The van der Waals surface area contributed by atoms with Gasteiger partial charge in [0, 0.05) is 29.3 Å². The Morgan fingerprint density at radius 3 is 2.72 bits per heavy atom. The molecule has 1 aliphatic rings. The first-order valence-electron chi connectivity index (χ1n) is 8.45. The number of carbonyl (C=O) groups excluding carboxylic acids is 1. The zero-order chi connectivity index (χ0) is 18.0. The fraction of sp³-hybridized carbons (Fsp3) is 0.421. The van der Waals surface area contributed by atoms with Crippen LogP contribution in [0.3, 0.4) is 0 Å². The van der Waals surface area contributed by atoms with E-state index in [4.69, 9.17) is 10.1 Å². The molecule has 1 heterocycles. The molecule has 6 heteroatoms. The molecule has 2 aromatic rings. The van der Waals surface area contributed by atoms with Gasteiger partial charge in [0.1, 0.15) is 0 Å². The Labute approximate surface area is 151 Å². The molecule has 0 unspecified atom stereocenters. The predicted octanol–water partition coefficient (Wildman–Crippen LogP) is 3.28. The van der Waals surface area contributed by atoms with Crippen LogP contribution in [0.15, 0.2) is 18.2 Å². The minimum atomic E-state index is -0.837. The van der Waals surface area contributed by atoms with E-state index in [2.05, 4.69) is 11.4 Å². The Morgan fingerprint density at radius 2 is 2.04 bits per heavy atom. The molecular formula is C19H22N2O3S. The number of thioether (sulfide) groups is 1. The molecule has 1 amide bonds. The minimum absolute atomic E-state index is 0.0538. The SMILES string of the molecule is Cc1cc(C)c2nc(C3CC3)cc(C(=O)NCCSCC(=O)O)c2c1. The predicted molar refractivity (Wildman–Crippen MR) is 100 cm³/mol. The molecule has 0 spiro atoms. The first-order valence-corrected chi connectivity index (χ1v) is 9.61. The van der Waals surface area contributed by atoms with E-state index in [-0.39, 0.29) is 11.7 Å². The number of pyridine rings is 1.